The van der Waals surface area contributed by atoms with E-state index >= 15 is 0 Å². The van der Waals surface area contributed by atoms with E-state index in [9.17, 15) is 19.3 Å². The molecule has 0 aliphatic carbocycles. The molecule has 2 aromatic carbocycles. The molecular formula is C13H8BrFN2O3. The van der Waals surface area contributed by atoms with Crippen molar-refractivity contribution in [3.05, 3.63) is 68.4 Å². The molecule has 0 unspecified atom stereocenters. The second kappa shape index (κ2) is 5.79. The highest BCUT2D eigenvalue weighted by Gasteiger charge is 2.21. The van der Waals surface area contributed by atoms with E-state index in [0.29, 0.717) is 5.69 Å². The van der Waals surface area contributed by atoms with Crippen molar-refractivity contribution in [2.75, 3.05) is 5.32 Å². The fraction of sp³-hybridized carbons (Fsp3) is 0. The van der Waals surface area contributed by atoms with E-state index < -0.39 is 22.3 Å². The van der Waals surface area contributed by atoms with Gasteiger partial charge in [-0.2, -0.15) is 0 Å². The smallest absolute Gasteiger partial charge is 0.282 e. The minimum atomic E-state index is -0.741. The van der Waals surface area contributed by atoms with Gasteiger partial charge >= 0.3 is 0 Å². The quantitative estimate of drug-likeness (QED) is 0.684. The number of rotatable bonds is 3. The lowest BCUT2D eigenvalue weighted by molar-refractivity contribution is -0.385. The molecule has 0 radical (unpaired) electrons. The molecule has 0 aromatic heterocycles. The number of nitrogens with one attached hydrogen (secondary N) is 1. The summed E-state index contributed by atoms with van der Waals surface area (Å²) in [5.74, 6) is -1.45. The minimum absolute atomic E-state index is 0.324. The molecule has 0 aliphatic heterocycles. The van der Waals surface area contributed by atoms with Gasteiger partial charge < -0.3 is 5.32 Å². The van der Waals surface area contributed by atoms with Crippen LogP contribution in [0, 0.1) is 15.9 Å². The Kier molecular flexibility index (Phi) is 4.09. The van der Waals surface area contributed by atoms with E-state index in [1.54, 1.807) is 24.3 Å². The van der Waals surface area contributed by atoms with E-state index in [1.807, 2.05) is 0 Å². The standard InChI is InChI=1S/C13H8BrFN2O3/c14-8-2-1-3-10(6-8)16-13(18)11-7-9(15)4-5-12(11)17(19)20/h1-7H,(H,16,18). The largest absolute Gasteiger partial charge is 0.322 e. The Balaban J connectivity index is 2.34. The van der Waals surface area contributed by atoms with Crippen molar-refractivity contribution < 1.29 is 14.1 Å². The molecule has 0 spiro atoms. The number of nitrogens with zero attached hydrogens (tertiary/aromatic N) is 1. The molecule has 0 aliphatic rings. The topological polar surface area (TPSA) is 72.2 Å². The van der Waals surface area contributed by atoms with Crippen LogP contribution in [0.15, 0.2) is 46.9 Å². The Labute approximate surface area is 121 Å². The molecule has 0 saturated carbocycles. The van der Waals surface area contributed by atoms with Gasteiger partial charge in [0.05, 0.1) is 4.92 Å². The first-order valence-corrected chi connectivity index (χ1v) is 6.27. The second-order valence-electron chi connectivity index (χ2n) is 3.88. The zero-order valence-corrected chi connectivity index (χ0v) is 11.6. The van der Waals surface area contributed by atoms with Crippen LogP contribution in [0.3, 0.4) is 0 Å². The van der Waals surface area contributed by atoms with Crippen LogP contribution in [-0.4, -0.2) is 10.8 Å². The average Bonchev–Trinajstić information content (AvgIpc) is 2.38. The second-order valence-corrected chi connectivity index (χ2v) is 4.80. The summed E-state index contributed by atoms with van der Waals surface area (Å²) in [6.45, 7) is 0. The third kappa shape index (κ3) is 3.18. The number of halogens is 2. The van der Waals surface area contributed by atoms with E-state index in [0.717, 1.165) is 22.7 Å². The molecule has 102 valence electrons. The zero-order valence-electron chi connectivity index (χ0n) is 9.97. The van der Waals surface area contributed by atoms with Crippen LogP contribution in [0.25, 0.3) is 0 Å². The number of nitro benzene ring substituents is 1. The molecule has 0 atom stereocenters. The fourth-order valence-electron chi connectivity index (χ4n) is 1.61. The van der Waals surface area contributed by atoms with Crippen LogP contribution in [-0.2, 0) is 0 Å². The molecule has 2 aromatic rings. The summed E-state index contributed by atoms with van der Waals surface area (Å²) in [5.41, 5.74) is -0.322. The van der Waals surface area contributed by atoms with Crippen molar-refractivity contribution in [2.45, 2.75) is 0 Å². The molecule has 2 rings (SSSR count). The lowest BCUT2D eigenvalue weighted by Crippen LogP contribution is -2.14. The Hall–Kier alpha value is -2.28. The number of anilines is 1. The first kappa shape index (κ1) is 14.1. The maximum absolute atomic E-state index is 13.2. The number of benzene rings is 2. The normalized spacial score (nSPS) is 10.1. The van der Waals surface area contributed by atoms with Crippen molar-refractivity contribution in [3.63, 3.8) is 0 Å². The van der Waals surface area contributed by atoms with E-state index in [2.05, 4.69) is 21.2 Å². The van der Waals surface area contributed by atoms with Crippen LogP contribution in [0.5, 0.6) is 0 Å². The summed E-state index contributed by atoms with van der Waals surface area (Å²) in [5, 5.41) is 13.3. The third-order valence-electron chi connectivity index (χ3n) is 2.48. The van der Waals surface area contributed by atoms with Gasteiger partial charge in [-0.3, -0.25) is 14.9 Å². The van der Waals surface area contributed by atoms with Crippen LogP contribution >= 0.6 is 15.9 Å². The lowest BCUT2D eigenvalue weighted by atomic mass is 10.1. The molecule has 5 nitrogen and oxygen atoms in total. The van der Waals surface area contributed by atoms with E-state index in [1.165, 1.54) is 0 Å². The summed E-state index contributed by atoms with van der Waals surface area (Å²) in [7, 11) is 0. The molecule has 7 heteroatoms. The van der Waals surface area contributed by atoms with Gasteiger partial charge in [-0.1, -0.05) is 22.0 Å². The number of hydrogen-bond donors (Lipinski definition) is 1. The van der Waals surface area contributed by atoms with Crippen molar-refractivity contribution in [3.8, 4) is 0 Å². The predicted octanol–water partition coefficient (Wildman–Crippen LogP) is 3.75. The lowest BCUT2D eigenvalue weighted by Gasteiger charge is -2.06. The predicted molar refractivity (Wildman–Crippen MR) is 75.1 cm³/mol. The maximum atomic E-state index is 13.2. The first-order chi connectivity index (χ1) is 9.47. The fourth-order valence-corrected chi connectivity index (χ4v) is 2.01. The Morgan fingerprint density at radius 2 is 2.00 bits per heavy atom. The third-order valence-corrected chi connectivity index (χ3v) is 2.98. The van der Waals surface area contributed by atoms with Gasteiger partial charge in [0.15, 0.2) is 0 Å². The monoisotopic (exact) mass is 338 g/mol. The highest BCUT2D eigenvalue weighted by Crippen LogP contribution is 2.22. The Bertz CT molecular complexity index is 691. The molecule has 1 amide bonds. The number of carbonyl (C=O) groups excluding carboxylic acids is 1. The van der Waals surface area contributed by atoms with Crippen LogP contribution in [0.4, 0.5) is 15.8 Å². The summed E-state index contributed by atoms with van der Waals surface area (Å²) in [6, 6.07) is 9.45. The van der Waals surface area contributed by atoms with Gasteiger partial charge in [-0.25, -0.2) is 4.39 Å². The van der Waals surface area contributed by atoms with Crippen LogP contribution in [0.2, 0.25) is 0 Å². The maximum Gasteiger partial charge on any atom is 0.282 e. The SMILES string of the molecule is O=C(Nc1cccc(Br)c1)c1cc(F)ccc1[N+](=O)[O-]. The van der Waals surface area contributed by atoms with Gasteiger partial charge in [-0.05, 0) is 30.3 Å². The molecular weight excluding hydrogens is 331 g/mol. The van der Waals surface area contributed by atoms with Gasteiger partial charge in [-0.15, -0.1) is 0 Å². The zero-order chi connectivity index (χ0) is 14.7. The molecule has 20 heavy (non-hydrogen) atoms. The molecule has 0 fully saturated rings. The molecule has 1 N–H and O–H groups in total. The highest BCUT2D eigenvalue weighted by atomic mass is 79.9. The van der Waals surface area contributed by atoms with Gasteiger partial charge in [0, 0.05) is 16.2 Å². The van der Waals surface area contributed by atoms with Gasteiger partial charge in [0.25, 0.3) is 11.6 Å². The van der Waals surface area contributed by atoms with Crippen molar-refractivity contribution >= 4 is 33.2 Å². The number of amides is 1. The summed E-state index contributed by atoms with van der Waals surface area (Å²) >= 11 is 3.24. The summed E-state index contributed by atoms with van der Waals surface area (Å²) in [6.07, 6.45) is 0. The van der Waals surface area contributed by atoms with E-state index in [-0.39, 0.29) is 5.56 Å². The first-order valence-electron chi connectivity index (χ1n) is 5.48. The number of carbonyl (C=O) groups is 1. The Morgan fingerprint density at radius 1 is 1.25 bits per heavy atom. The van der Waals surface area contributed by atoms with Crippen molar-refractivity contribution in [1.29, 1.82) is 0 Å². The number of nitro groups is 1. The van der Waals surface area contributed by atoms with Crippen LogP contribution in [0.1, 0.15) is 10.4 Å². The van der Waals surface area contributed by atoms with Crippen LogP contribution < -0.4 is 5.32 Å². The van der Waals surface area contributed by atoms with Crippen molar-refractivity contribution in [1.82, 2.24) is 0 Å². The number of hydrogen-bond acceptors (Lipinski definition) is 3. The highest BCUT2D eigenvalue weighted by molar-refractivity contribution is 9.10. The average molecular weight is 339 g/mol. The minimum Gasteiger partial charge on any atom is -0.322 e. The Morgan fingerprint density at radius 3 is 2.65 bits per heavy atom. The van der Waals surface area contributed by atoms with Gasteiger partial charge in [0.2, 0.25) is 0 Å². The van der Waals surface area contributed by atoms with Gasteiger partial charge in [0.1, 0.15) is 11.4 Å². The molecule has 0 heterocycles. The summed E-state index contributed by atoms with van der Waals surface area (Å²) < 4.78 is 13.9. The molecule has 0 bridgehead atoms. The van der Waals surface area contributed by atoms with E-state index in [4.69, 9.17) is 0 Å². The molecule has 0 saturated heterocycles. The summed E-state index contributed by atoms with van der Waals surface area (Å²) in [4.78, 5) is 22.1. The van der Waals surface area contributed by atoms with Crippen molar-refractivity contribution in [2.24, 2.45) is 0 Å².